The van der Waals surface area contributed by atoms with Crippen LogP contribution in [0.5, 0.6) is 0 Å². The summed E-state index contributed by atoms with van der Waals surface area (Å²) in [5, 5.41) is 0.605. The number of anilines is 1. The zero-order valence-electron chi connectivity index (χ0n) is 17.6. The van der Waals surface area contributed by atoms with Crippen LogP contribution in [0.15, 0.2) is 47.5 Å². The van der Waals surface area contributed by atoms with Gasteiger partial charge < -0.3 is 9.80 Å². The summed E-state index contributed by atoms with van der Waals surface area (Å²) in [6.45, 7) is 5.42. The molecule has 0 radical (unpaired) electrons. The Morgan fingerprint density at radius 2 is 1.61 bits per heavy atom. The number of piperidine rings is 1. The van der Waals surface area contributed by atoms with Crippen molar-refractivity contribution in [2.75, 3.05) is 44.2 Å². The lowest BCUT2D eigenvalue weighted by atomic mass is 9.96. The van der Waals surface area contributed by atoms with Gasteiger partial charge in [0.15, 0.2) is 0 Å². The number of piperazine rings is 1. The monoisotopic (exact) mass is 462 g/mol. The molecule has 1 amide bonds. The maximum Gasteiger partial charge on any atom is 0.243 e. The molecule has 1 aromatic carbocycles. The molecule has 1 aromatic heterocycles. The number of carbonyl (C=O) groups is 1. The number of aryl methyl sites for hydroxylation is 1. The molecule has 7 nitrogen and oxygen atoms in total. The summed E-state index contributed by atoms with van der Waals surface area (Å²) in [7, 11) is -3.51. The Morgan fingerprint density at radius 1 is 0.968 bits per heavy atom. The van der Waals surface area contributed by atoms with Gasteiger partial charge in [-0.25, -0.2) is 13.4 Å². The van der Waals surface area contributed by atoms with Crippen molar-refractivity contribution in [1.29, 1.82) is 0 Å². The van der Waals surface area contributed by atoms with Crippen LogP contribution < -0.4 is 4.90 Å². The molecule has 9 heteroatoms. The second-order valence-electron chi connectivity index (χ2n) is 8.14. The normalized spacial score (nSPS) is 18.9. The van der Waals surface area contributed by atoms with Crippen molar-refractivity contribution in [3.8, 4) is 0 Å². The number of aromatic nitrogens is 1. The quantitative estimate of drug-likeness (QED) is 0.698. The maximum absolute atomic E-state index is 13.0. The zero-order valence-corrected chi connectivity index (χ0v) is 19.1. The molecule has 2 aliphatic rings. The lowest BCUT2D eigenvalue weighted by Crippen LogP contribution is -2.52. The molecule has 31 heavy (non-hydrogen) atoms. The summed E-state index contributed by atoms with van der Waals surface area (Å²) >= 11 is 5.91. The second-order valence-corrected chi connectivity index (χ2v) is 10.5. The summed E-state index contributed by atoms with van der Waals surface area (Å²) in [6.07, 6.45) is 2.75. The Bertz CT molecular complexity index is 1010. The van der Waals surface area contributed by atoms with Gasteiger partial charge in [-0.15, -0.1) is 0 Å². The standard InChI is InChI=1S/C22H27ClN4O3S/c1-17-2-5-20(6-3-17)31(29,30)27-10-8-18(9-11-27)22(28)26-14-12-25(13-15-26)21-7-4-19(23)16-24-21/h2-7,16,18H,8-15H2,1H3. The first-order chi connectivity index (χ1) is 14.8. The van der Waals surface area contributed by atoms with E-state index in [0.717, 1.165) is 24.5 Å². The van der Waals surface area contributed by atoms with Gasteiger partial charge in [-0.05, 0) is 44.0 Å². The van der Waals surface area contributed by atoms with Crippen LogP contribution >= 0.6 is 11.6 Å². The van der Waals surface area contributed by atoms with Crippen LogP contribution in [0.4, 0.5) is 5.82 Å². The van der Waals surface area contributed by atoms with Gasteiger partial charge in [0.1, 0.15) is 5.82 Å². The average molecular weight is 463 g/mol. The van der Waals surface area contributed by atoms with E-state index in [4.69, 9.17) is 11.6 Å². The molecule has 0 unspecified atom stereocenters. The highest BCUT2D eigenvalue weighted by Crippen LogP contribution is 2.26. The topological polar surface area (TPSA) is 73.8 Å². The van der Waals surface area contributed by atoms with Crippen LogP contribution in [0.25, 0.3) is 0 Å². The van der Waals surface area contributed by atoms with E-state index in [1.54, 1.807) is 18.3 Å². The van der Waals surface area contributed by atoms with Crippen molar-refractivity contribution in [2.45, 2.75) is 24.7 Å². The van der Waals surface area contributed by atoms with E-state index in [9.17, 15) is 13.2 Å². The first-order valence-electron chi connectivity index (χ1n) is 10.6. The van der Waals surface area contributed by atoms with E-state index < -0.39 is 10.0 Å². The van der Waals surface area contributed by atoms with Crippen LogP contribution in [0, 0.1) is 12.8 Å². The zero-order chi connectivity index (χ0) is 22.0. The van der Waals surface area contributed by atoms with E-state index in [1.807, 2.05) is 36.1 Å². The van der Waals surface area contributed by atoms with Gasteiger partial charge >= 0.3 is 0 Å². The Labute approximate surface area is 188 Å². The van der Waals surface area contributed by atoms with Gasteiger partial charge in [-0.3, -0.25) is 4.79 Å². The number of sulfonamides is 1. The van der Waals surface area contributed by atoms with Crippen LogP contribution in [0.2, 0.25) is 5.02 Å². The van der Waals surface area contributed by atoms with Crippen LogP contribution in [-0.2, 0) is 14.8 Å². The molecule has 3 heterocycles. The van der Waals surface area contributed by atoms with Gasteiger partial charge in [0, 0.05) is 51.4 Å². The summed E-state index contributed by atoms with van der Waals surface area (Å²) in [5.41, 5.74) is 1.02. The smallest absolute Gasteiger partial charge is 0.243 e. The van der Waals surface area contributed by atoms with Gasteiger partial charge in [0.25, 0.3) is 0 Å². The Morgan fingerprint density at radius 3 is 2.19 bits per heavy atom. The van der Waals surface area contributed by atoms with E-state index in [1.165, 1.54) is 4.31 Å². The van der Waals surface area contributed by atoms with Crippen LogP contribution in [0.3, 0.4) is 0 Å². The van der Waals surface area contributed by atoms with Crippen molar-refractivity contribution >= 4 is 33.3 Å². The van der Waals surface area contributed by atoms with Crippen molar-refractivity contribution in [1.82, 2.24) is 14.2 Å². The van der Waals surface area contributed by atoms with Crippen molar-refractivity contribution in [3.63, 3.8) is 0 Å². The largest absolute Gasteiger partial charge is 0.353 e. The number of carbonyl (C=O) groups excluding carboxylic acids is 1. The number of amides is 1. The van der Waals surface area contributed by atoms with Crippen molar-refractivity contribution in [3.05, 3.63) is 53.2 Å². The SMILES string of the molecule is Cc1ccc(S(=O)(=O)N2CCC(C(=O)N3CCN(c4ccc(Cl)cn4)CC3)CC2)cc1. The molecule has 166 valence electrons. The Hall–Kier alpha value is -2.16. The Kier molecular flexibility index (Phi) is 6.50. The molecule has 0 aliphatic carbocycles. The maximum atomic E-state index is 13.0. The summed E-state index contributed by atoms with van der Waals surface area (Å²) in [5.74, 6) is 0.881. The number of benzene rings is 1. The molecule has 2 aliphatic heterocycles. The third-order valence-electron chi connectivity index (χ3n) is 6.09. The fourth-order valence-corrected chi connectivity index (χ4v) is 5.75. The first-order valence-corrected chi connectivity index (χ1v) is 12.4. The molecule has 0 N–H and O–H groups in total. The van der Waals surface area contributed by atoms with E-state index in [2.05, 4.69) is 9.88 Å². The van der Waals surface area contributed by atoms with Crippen molar-refractivity contribution in [2.24, 2.45) is 5.92 Å². The highest BCUT2D eigenvalue weighted by atomic mass is 35.5. The molecule has 0 atom stereocenters. The predicted molar refractivity (Wildman–Crippen MR) is 121 cm³/mol. The number of pyridine rings is 1. The number of hydrogen-bond donors (Lipinski definition) is 0. The predicted octanol–water partition coefficient (Wildman–Crippen LogP) is 2.79. The van der Waals surface area contributed by atoms with E-state index >= 15 is 0 Å². The Balaban J connectivity index is 1.30. The lowest BCUT2D eigenvalue weighted by molar-refractivity contribution is -0.137. The molecule has 2 saturated heterocycles. The molecule has 0 spiro atoms. The van der Waals surface area contributed by atoms with Crippen LogP contribution in [-0.4, -0.2) is 67.8 Å². The molecule has 2 aromatic rings. The van der Waals surface area contributed by atoms with E-state index in [-0.39, 0.29) is 11.8 Å². The number of rotatable bonds is 4. The second kappa shape index (κ2) is 9.14. The lowest BCUT2D eigenvalue weighted by Gasteiger charge is -2.38. The number of halogens is 1. The van der Waals surface area contributed by atoms with Gasteiger partial charge in [0.05, 0.1) is 9.92 Å². The van der Waals surface area contributed by atoms with Crippen LogP contribution in [0.1, 0.15) is 18.4 Å². The fraction of sp³-hybridized carbons (Fsp3) is 0.455. The molecule has 2 fully saturated rings. The van der Waals surface area contributed by atoms with Crippen molar-refractivity contribution < 1.29 is 13.2 Å². The highest BCUT2D eigenvalue weighted by Gasteiger charge is 2.34. The van der Waals surface area contributed by atoms with E-state index in [0.29, 0.717) is 48.9 Å². The van der Waals surface area contributed by atoms with Gasteiger partial charge in [0.2, 0.25) is 15.9 Å². The molecule has 0 saturated carbocycles. The third kappa shape index (κ3) is 4.86. The number of hydrogen-bond acceptors (Lipinski definition) is 5. The molecule has 4 rings (SSSR count). The molecule has 0 bridgehead atoms. The number of nitrogens with zero attached hydrogens (tertiary/aromatic N) is 4. The highest BCUT2D eigenvalue weighted by molar-refractivity contribution is 7.89. The fourth-order valence-electron chi connectivity index (χ4n) is 4.17. The van der Waals surface area contributed by atoms with Gasteiger partial charge in [-0.2, -0.15) is 4.31 Å². The minimum absolute atomic E-state index is 0.121. The molecular weight excluding hydrogens is 436 g/mol. The summed E-state index contributed by atoms with van der Waals surface area (Å²) in [6, 6.07) is 10.6. The summed E-state index contributed by atoms with van der Waals surface area (Å²) in [4.78, 5) is 21.7. The van der Waals surface area contributed by atoms with Gasteiger partial charge in [-0.1, -0.05) is 29.3 Å². The average Bonchev–Trinajstić information content (AvgIpc) is 2.80. The third-order valence-corrected chi connectivity index (χ3v) is 8.23. The first kappa shape index (κ1) is 22.0. The summed E-state index contributed by atoms with van der Waals surface area (Å²) < 4.78 is 27.3. The molecular formula is C22H27ClN4O3S. The minimum Gasteiger partial charge on any atom is -0.353 e. The minimum atomic E-state index is -3.51.